The van der Waals surface area contributed by atoms with E-state index in [0.29, 0.717) is 18.9 Å². The van der Waals surface area contributed by atoms with E-state index in [1.807, 2.05) is 24.2 Å². The highest BCUT2D eigenvalue weighted by molar-refractivity contribution is 5.75. The average Bonchev–Trinajstić information content (AvgIpc) is 3.01. The van der Waals surface area contributed by atoms with Gasteiger partial charge in [0.2, 0.25) is 0 Å². The highest BCUT2D eigenvalue weighted by Gasteiger charge is 2.29. The number of ether oxygens (including phenoxy) is 1. The van der Waals surface area contributed by atoms with Gasteiger partial charge >= 0.3 is 6.03 Å². The van der Waals surface area contributed by atoms with Gasteiger partial charge in [-0.15, -0.1) is 0 Å². The van der Waals surface area contributed by atoms with Crippen LogP contribution >= 0.6 is 0 Å². The number of rotatable bonds is 2. The first-order valence-electron chi connectivity index (χ1n) is 9.57. The van der Waals surface area contributed by atoms with Crippen LogP contribution in [0.15, 0.2) is 30.5 Å². The van der Waals surface area contributed by atoms with Crippen LogP contribution in [0.25, 0.3) is 0 Å². The van der Waals surface area contributed by atoms with E-state index < -0.39 is 0 Å². The Morgan fingerprint density at radius 3 is 3.00 bits per heavy atom. The number of likely N-dealkylation sites (tertiary alicyclic amines) is 1. The normalized spacial score (nSPS) is 22.5. The van der Waals surface area contributed by atoms with E-state index in [1.54, 1.807) is 10.7 Å². The number of piperidine rings is 1. The summed E-state index contributed by atoms with van der Waals surface area (Å²) in [6.07, 6.45) is 5.54. The zero-order valence-electron chi connectivity index (χ0n) is 15.5. The van der Waals surface area contributed by atoms with Crippen LogP contribution in [0, 0.1) is 5.82 Å². The number of nitrogens with one attached hydrogen (secondary N) is 1. The lowest BCUT2D eigenvalue weighted by atomic mass is 9.95. The molecule has 2 atom stereocenters. The van der Waals surface area contributed by atoms with Crippen LogP contribution in [0.2, 0.25) is 0 Å². The maximum absolute atomic E-state index is 13.5. The van der Waals surface area contributed by atoms with E-state index in [2.05, 4.69) is 10.4 Å². The zero-order chi connectivity index (χ0) is 18.8. The van der Waals surface area contributed by atoms with Gasteiger partial charge < -0.3 is 15.0 Å². The first-order chi connectivity index (χ1) is 13.1. The molecule has 0 spiro atoms. The molecule has 2 amide bonds. The van der Waals surface area contributed by atoms with Crippen molar-refractivity contribution in [2.45, 2.75) is 37.6 Å². The Balaban J connectivity index is 1.45. The Hall–Kier alpha value is -2.57. The van der Waals surface area contributed by atoms with Crippen molar-refractivity contribution in [1.29, 1.82) is 0 Å². The largest absolute Gasteiger partial charge is 0.493 e. The van der Waals surface area contributed by atoms with Crippen LogP contribution in [0.3, 0.4) is 0 Å². The summed E-state index contributed by atoms with van der Waals surface area (Å²) in [7, 11) is 1.91. The quantitative estimate of drug-likeness (QED) is 0.879. The lowest BCUT2D eigenvalue weighted by molar-refractivity contribution is 0.174. The predicted octanol–water partition coefficient (Wildman–Crippen LogP) is 3.36. The van der Waals surface area contributed by atoms with Crippen LogP contribution in [-0.2, 0) is 7.05 Å². The van der Waals surface area contributed by atoms with Gasteiger partial charge in [0.05, 0.1) is 18.3 Å². The third-order valence-corrected chi connectivity index (χ3v) is 5.40. The standard InChI is InChI=1S/C20H25FN4O2/c1-24-10-8-17(23-24)14-4-2-9-25(13-14)20(26)22-18-5-3-11-27-19-12-15(21)6-7-16(18)19/h6-8,10,12,14,18H,2-5,9,11,13H2,1H3,(H,22,26). The molecule has 1 aromatic carbocycles. The second-order valence-electron chi connectivity index (χ2n) is 7.37. The van der Waals surface area contributed by atoms with Gasteiger partial charge in [0, 0.05) is 43.9 Å². The zero-order valence-corrected chi connectivity index (χ0v) is 15.5. The Bertz CT molecular complexity index is 822. The molecule has 2 aromatic rings. The van der Waals surface area contributed by atoms with Gasteiger partial charge in [-0.1, -0.05) is 6.07 Å². The number of fused-ring (bicyclic) bond motifs is 1. The Morgan fingerprint density at radius 2 is 2.19 bits per heavy atom. The SMILES string of the molecule is Cn1ccc(C2CCCN(C(=O)NC3CCCOc4cc(F)ccc43)C2)n1. The fourth-order valence-corrected chi connectivity index (χ4v) is 3.99. The summed E-state index contributed by atoms with van der Waals surface area (Å²) in [6.45, 7) is 1.95. The summed E-state index contributed by atoms with van der Waals surface area (Å²) >= 11 is 0. The molecule has 2 aliphatic heterocycles. The predicted molar refractivity (Wildman–Crippen MR) is 99.2 cm³/mol. The molecule has 2 aliphatic rings. The second kappa shape index (κ2) is 7.58. The number of carbonyl (C=O) groups is 1. The third kappa shape index (κ3) is 3.91. The van der Waals surface area contributed by atoms with Crippen molar-refractivity contribution < 1.29 is 13.9 Å². The van der Waals surface area contributed by atoms with Crippen molar-refractivity contribution in [3.05, 3.63) is 47.5 Å². The highest BCUT2D eigenvalue weighted by Crippen LogP contribution is 2.33. The molecule has 1 aromatic heterocycles. The molecule has 3 heterocycles. The molecule has 0 saturated carbocycles. The third-order valence-electron chi connectivity index (χ3n) is 5.40. The molecule has 1 N–H and O–H groups in total. The molecular weight excluding hydrogens is 347 g/mol. The lowest BCUT2D eigenvalue weighted by Gasteiger charge is -2.33. The van der Waals surface area contributed by atoms with Gasteiger partial charge in [-0.05, 0) is 37.8 Å². The van der Waals surface area contributed by atoms with Gasteiger partial charge in [0.1, 0.15) is 11.6 Å². The maximum atomic E-state index is 13.5. The number of halogens is 1. The molecule has 7 heteroatoms. The monoisotopic (exact) mass is 372 g/mol. The van der Waals surface area contributed by atoms with Gasteiger partial charge in [-0.25, -0.2) is 9.18 Å². The molecule has 27 heavy (non-hydrogen) atoms. The molecule has 1 fully saturated rings. The molecule has 0 aliphatic carbocycles. The van der Waals surface area contributed by atoms with Crippen LogP contribution in [0.5, 0.6) is 5.75 Å². The molecule has 2 unspecified atom stereocenters. The molecule has 0 radical (unpaired) electrons. The van der Waals surface area contributed by atoms with E-state index in [-0.39, 0.29) is 23.8 Å². The number of hydrogen-bond donors (Lipinski definition) is 1. The lowest BCUT2D eigenvalue weighted by Crippen LogP contribution is -2.46. The Morgan fingerprint density at radius 1 is 1.30 bits per heavy atom. The van der Waals surface area contributed by atoms with E-state index >= 15 is 0 Å². The van der Waals surface area contributed by atoms with Crippen LogP contribution in [-0.4, -0.2) is 40.4 Å². The number of urea groups is 1. The maximum Gasteiger partial charge on any atom is 0.317 e. The van der Waals surface area contributed by atoms with E-state index in [9.17, 15) is 9.18 Å². The molecular formula is C20H25FN4O2. The number of amides is 2. The summed E-state index contributed by atoms with van der Waals surface area (Å²) in [5, 5.41) is 7.64. The summed E-state index contributed by atoms with van der Waals surface area (Å²) in [5.41, 5.74) is 1.89. The van der Waals surface area contributed by atoms with Crippen molar-refractivity contribution in [2.24, 2.45) is 7.05 Å². The van der Waals surface area contributed by atoms with Crippen molar-refractivity contribution in [2.75, 3.05) is 19.7 Å². The summed E-state index contributed by atoms with van der Waals surface area (Å²) in [5.74, 6) is 0.474. The topological polar surface area (TPSA) is 59.4 Å². The molecule has 1 saturated heterocycles. The number of aryl methyl sites for hydroxylation is 1. The smallest absolute Gasteiger partial charge is 0.317 e. The first kappa shape index (κ1) is 17.8. The minimum Gasteiger partial charge on any atom is -0.493 e. The molecule has 0 bridgehead atoms. The molecule has 6 nitrogen and oxygen atoms in total. The summed E-state index contributed by atoms with van der Waals surface area (Å²) in [4.78, 5) is 14.8. The van der Waals surface area contributed by atoms with Gasteiger partial charge in [-0.2, -0.15) is 5.10 Å². The van der Waals surface area contributed by atoms with Gasteiger partial charge in [-0.3, -0.25) is 4.68 Å². The highest BCUT2D eigenvalue weighted by atomic mass is 19.1. The fraction of sp³-hybridized carbons (Fsp3) is 0.500. The Labute approximate surface area is 158 Å². The number of carbonyl (C=O) groups excluding carboxylic acids is 1. The summed E-state index contributed by atoms with van der Waals surface area (Å²) in [6, 6.07) is 6.33. The molecule has 4 rings (SSSR count). The minimum absolute atomic E-state index is 0.0715. The number of hydrogen-bond acceptors (Lipinski definition) is 3. The average molecular weight is 372 g/mol. The van der Waals surface area contributed by atoms with Crippen molar-refractivity contribution in [3.63, 3.8) is 0 Å². The van der Waals surface area contributed by atoms with Crippen molar-refractivity contribution in [1.82, 2.24) is 20.0 Å². The molecule has 144 valence electrons. The van der Waals surface area contributed by atoms with Crippen LogP contribution in [0.1, 0.15) is 48.9 Å². The van der Waals surface area contributed by atoms with Crippen molar-refractivity contribution >= 4 is 6.03 Å². The number of benzene rings is 1. The van der Waals surface area contributed by atoms with E-state index in [0.717, 1.165) is 43.5 Å². The van der Waals surface area contributed by atoms with Crippen LogP contribution < -0.4 is 10.1 Å². The summed E-state index contributed by atoms with van der Waals surface area (Å²) < 4.78 is 21.0. The second-order valence-corrected chi connectivity index (χ2v) is 7.37. The first-order valence-corrected chi connectivity index (χ1v) is 9.57. The minimum atomic E-state index is -0.324. The van der Waals surface area contributed by atoms with E-state index in [4.69, 9.17) is 4.74 Å². The number of aromatic nitrogens is 2. The number of nitrogens with zero attached hydrogens (tertiary/aromatic N) is 3. The Kier molecular flexibility index (Phi) is 5.01. The van der Waals surface area contributed by atoms with Gasteiger partial charge in [0.25, 0.3) is 0 Å². The van der Waals surface area contributed by atoms with Crippen molar-refractivity contribution in [3.8, 4) is 5.75 Å². The van der Waals surface area contributed by atoms with E-state index in [1.165, 1.54) is 12.1 Å². The fourth-order valence-electron chi connectivity index (χ4n) is 3.99. The van der Waals surface area contributed by atoms with Crippen LogP contribution in [0.4, 0.5) is 9.18 Å². The van der Waals surface area contributed by atoms with Gasteiger partial charge in [0.15, 0.2) is 0 Å².